The maximum atomic E-state index is 9.83. The second-order valence-corrected chi connectivity index (χ2v) is 1.90. The molecule has 0 aromatic heterocycles. The van der Waals surface area contributed by atoms with Gasteiger partial charge in [0.15, 0.2) is 0 Å². The van der Waals surface area contributed by atoms with Crippen LogP contribution < -0.4 is 4.74 Å². The van der Waals surface area contributed by atoms with E-state index in [1.165, 1.54) is 12.3 Å². The van der Waals surface area contributed by atoms with Gasteiger partial charge in [-0.3, -0.25) is 4.79 Å². The van der Waals surface area contributed by atoms with E-state index in [2.05, 4.69) is 0 Å². The van der Waals surface area contributed by atoms with Gasteiger partial charge in [-0.2, -0.15) is 0 Å². The summed E-state index contributed by atoms with van der Waals surface area (Å²) in [5.41, 5.74) is 0. The van der Waals surface area contributed by atoms with E-state index in [0.717, 1.165) is 5.75 Å². The summed E-state index contributed by atoms with van der Waals surface area (Å²) >= 11 is 0. The number of benzene rings is 1. The molecule has 1 rings (SSSR count). The SMILES string of the molecule is O=C/C=C/Oc1ccccc1. The van der Waals surface area contributed by atoms with Crippen LogP contribution >= 0.6 is 0 Å². The summed E-state index contributed by atoms with van der Waals surface area (Å²) in [7, 11) is 0. The van der Waals surface area contributed by atoms with Gasteiger partial charge in [0.25, 0.3) is 0 Å². The molecule has 0 atom stereocenters. The molecule has 56 valence electrons. The normalized spacial score (nSPS) is 9.82. The zero-order valence-corrected chi connectivity index (χ0v) is 5.94. The average Bonchev–Trinajstić information content (AvgIpc) is 2.07. The van der Waals surface area contributed by atoms with Crippen molar-refractivity contribution in [2.45, 2.75) is 0 Å². The van der Waals surface area contributed by atoms with E-state index in [4.69, 9.17) is 4.74 Å². The van der Waals surface area contributed by atoms with E-state index in [1.54, 1.807) is 0 Å². The molecule has 2 nitrogen and oxygen atoms in total. The van der Waals surface area contributed by atoms with Gasteiger partial charge < -0.3 is 4.74 Å². The van der Waals surface area contributed by atoms with Crippen LogP contribution in [-0.2, 0) is 4.79 Å². The van der Waals surface area contributed by atoms with Crippen molar-refractivity contribution in [3.63, 3.8) is 0 Å². The lowest BCUT2D eigenvalue weighted by Crippen LogP contribution is -1.79. The predicted molar refractivity (Wildman–Crippen MR) is 42.3 cm³/mol. The molecular formula is C9H8O2. The van der Waals surface area contributed by atoms with Crippen LogP contribution in [0, 0.1) is 0 Å². The van der Waals surface area contributed by atoms with E-state index in [-0.39, 0.29) is 0 Å². The molecule has 0 saturated heterocycles. The first-order valence-electron chi connectivity index (χ1n) is 3.25. The molecule has 0 saturated carbocycles. The first-order valence-corrected chi connectivity index (χ1v) is 3.25. The fourth-order valence-electron chi connectivity index (χ4n) is 0.649. The van der Waals surface area contributed by atoms with Crippen molar-refractivity contribution in [3.05, 3.63) is 42.7 Å². The van der Waals surface area contributed by atoms with Crippen molar-refractivity contribution >= 4 is 6.29 Å². The van der Waals surface area contributed by atoms with Crippen molar-refractivity contribution in [1.29, 1.82) is 0 Å². The Labute approximate surface area is 65.1 Å². The lowest BCUT2D eigenvalue weighted by atomic mass is 10.3. The molecule has 0 aliphatic rings. The van der Waals surface area contributed by atoms with Gasteiger partial charge in [0, 0.05) is 6.08 Å². The van der Waals surface area contributed by atoms with Crippen LogP contribution in [0.25, 0.3) is 0 Å². The first kappa shape index (κ1) is 7.54. The summed E-state index contributed by atoms with van der Waals surface area (Å²) in [5.74, 6) is 0.727. The van der Waals surface area contributed by atoms with E-state index < -0.39 is 0 Å². The molecule has 0 amide bonds. The Morgan fingerprint density at radius 3 is 2.55 bits per heavy atom. The highest BCUT2D eigenvalue weighted by atomic mass is 16.5. The summed E-state index contributed by atoms with van der Waals surface area (Å²) in [6, 6.07) is 9.26. The number of para-hydroxylation sites is 1. The molecule has 1 aromatic carbocycles. The van der Waals surface area contributed by atoms with E-state index in [9.17, 15) is 4.79 Å². The van der Waals surface area contributed by atoms with Gasteiger partial charge >= 0.3 is 0 Å². The quantitative estimate of drug-likeness (QED) is 0.371. The van der Waals surface area contributed by atoms with Gasteiger partial charge in [-0.05, 0) is 12.1 Å². The molecule has 0 N–H and O–H groups in total. The van der Waals surface area contributed by atoms with Gasteiger partial charge in [-0.1, -0.05) is 18.2 Å². The fraction of sp³-hybridized carbons (Fsp3) is 0. The average molecular weight is 148 g/mol. The second kappa shape index (κ2) is 4.28. The minimum absolute atomic E-state index is 0.670. The summed E-state index contributed by atoms with van der Waals surface area (Å²) in [6.45, 7) is 0. The Kier molecular flexibility index (Phi) is 2.93. The first-order chi connectivity index (χ1) is 5.43. The van der Waals surface area contributed by atoms with E-state index in [1.807, 2.05) is 30.3 Å². The Hall–Kier alpha value is -1.57. The topological polar surface area (TPSA) is 26.3 Å². The molecule has 0 heterocycles. The molecule has 1 aromatic rings. The summed E-state index contributed by atoms with van der Waals surface area (Å²) in [4.78, 5) is 9.83. The monoisotopic (exact) mass is 148 g/mol. The van der Waals surface area contributed by atoms with Gasteiger partial charge in [0.05, 0.1) is 6.26 Å². The van der Waals surface area contributed by atoms with Crippen LogP contribution in [-0.4, -0.2) is 6.29 Å². The smallest absolute Gasteiger partial charge is 0.145 e. The minimum Gasteiger partial charge on any atom is -0.465 e. The molecule has 0 bridgehead atoms. The van der Waals surface area contributed by atoms with Crippen molar-refractivity contribution in [1.82, 2.24) is 0 Å². The maximum Gasteiger partial charge on any atom is 0.145 e. The number of carbonyl (C=O) groups excluding carboxylic acids is 1. The third-order valence-electron chi connectivity index (χ3n) is 1.10. The maximum absolute atomic E-state index is 9.83. The second-order valence-electron chi connectivity index (χ2n) is 1.90. The standard InChI is InChI=1S/C9H8O2/c10-7-4-8-11-9-5-2-1-3-6-9/h1-8H/b8-4+. The van der Waals surface area contributed by atoms with Gasteiger partial charge in [0.1, 0.15) is 12.0 Å². The van der Waals surface area contributed by atoms with Crippen molar-refractivity contribution < 1.29 is 9.53 Å². The van der Waals surface area contributed by atoms with Crippen molar-refractivity contribution in [2.75, 3.05) is 0 Å². The highest BCUT2D eigenvalue weighted by Gasteiger charge is 1.83. The summed E-state index contributed by atoms with van der Waals surface area (Å²) in [6.07, 6.45) is 3.32. The predicted octanol–water partition coefficient (Wildman–Crippen LogP) is 1.78. The minimum atomic E-state index is 0.670. The molecule has 0 aliphatic heterocycles. The number of hydrogen-bond donors (Lipinski definition) is 0. The summed E-state index contributed by atoms with van der Waals surface area (Å²) < 4.78 is 5.03. The lowest BCUT2D eigenvalue weighted by Gasteiger charge is -1.95. The largest absolute Gasteiger partial charge is 0.465 e. The molecule has 0 unspecified atom stereocenters. The Balaban J connectivity index is 2.51. The van der Waals surface area contributed by atoms with Crippen LogP contribution in [0.15, 0.2) is 42.7 Å². The van der Waals surface area contributed by atoms with Crippen molar-refractivity contribution in [3.8, 4) is 5.75 Å². The third kappa shape index (κ3) is 2.67. The van der Waals surface area contributed by atoms with E-state index >= 15 is 0 Å². The van der Waals surface area contributed by atoms with Crippen molar-refractivity contribution in [2.24, 2.45) is 0 Å². The van der Waals surface area contributed by atoms with Crippen LogP contribution in [0.2, 0.25) is 0 Å². The zero-order chi connectivity index (χ0) is 7.94. The number of hydrogen-bond acceptors (Lipinski definition) is 2. The van der Waals surface area contributed by atoms with Gasteiger partial charge in [0.2, 0.25) is 0 Å². The van der Waals surface area contributed by atoms with Crippen LogP contribution in [0.5, 0.6) is 5.75 Å². The number of aldehydes is 1. The van der Waals surface area contributed by atoms with Crippen LogP contribution in [0.4, 0.5) is 0 Å². The summed E-state index contributed by atoms with van der Waals surface area (Å²) in [5, 5.41) is 0. The Bertz CT molecular complexity index is 239. The molecular weight excluding hydrogens is 140 g/mol. The zero-order valence-electron chi connectivity index (χ0n) is 5.94. The number of rotatable bonds is 3. The van der Waals surface area contributed by atoms with Gasteiger partial charge in [-0.15, -0.1) is 0 Å². The third-order valence-corrected chi connectivity index (χ3v) is 1.10. The number of ether oxygens (including phenoxy) is 1. The Morgan fingerprint density at radius 1 is 1.18 bits per heavy atom. The Morgan fingerprint density at radius 2 is 1.91 bits per heavy atom. The highest BCUT2D eigenvalue weighted by Crippen LogP contribution is 2.07. The molecule has 0 spiro atoms. The van der Waals surface area contributed by atoms with Gasteiger partial charge in [-0.25, -0.2) is 0 Å². The molecule has 11 heavy (non-hydrogen) atoms. The lowest BCUT2D eigenvalue weighted by molar-refractivity contribution is -0.104. The highest BCUT2D eigenvalue weighted by molar-refractivity contribution is 5.64. The fourth-order valence-corrected chi connectivity index (χ4v) is 0.649. The molecule has 2 heteroatoms. The van der Waals surface area contributed by atoms with E-state index in [0.29, 0.717) is 6.29 Å². The molecule has 0 fully saturated rings. The number of allylic oxidation sites excluding steroid dienone is 1. The van der Waals surface area contributed by atoms with Crippen LogP contribution in [0.1, 0.15) is 0 Å². The van der Waals surface area contributed by atoms with Crippen LogP contribution in [0.3, 0.4) is 0 Å². The molecule has 0 aliphatic carbocycles. The molecule has 0 radical (unpaired) electrons. The number of carbonyl (C=O) groups is 1.